The number of anilines is 1. The molecule has 5 heteroatoms. The molecule has 53 heavy (non-hydrogen) atoms. The molecule has 2 heterocycles. The molecule has 0 N–H and O–H groups in total. The van der Waals surface area contributed by atoms with Crippen molar-refractivity contribution in [3.63, 3.8) is 0 Å². The molecule has 0 spiro atoms. The topological polar surface area (TPSA) is 7.12 Å². The highest BCUT2D eigenvalue weighted by Crippen LogP contribution is 2.46. The van der Waals surface area contributed by atoms with E-state index in [1.54, 1.807) is 0 Å². The first-order valence-corrected chi connectivity index (χ1v) is 23.6. The van der Waals surface area contributed by atoms with Crippen LogP contribution in [-0.4, -0.2) is 6.54 Å². The lowest BCUT2D eigenvalue weighted by molar-refractivity contribution is -0.669. The summed E-state index contributed by atoms with van der Waals surface area (Å²) in [5, 5.41) is 3.62. The second kappa shape index (κ2) is 24.3. The van der Waals surface area contributed by atoms with Gasteiger partial charge in [-0.1, -0.05) is 194 Å². The zero-order valence-electron chi connectivity index (χ0n) is 33.2. The van der Waals surface area contributed by atoms with Gasteiger partial charge < -0.3 is 4.90 Å². The van der Waals surface area contributed by atoms with Gasteiger partial charge in [0.15, 0.2) is 6.54 Å². The number of hydrogen-bond donors (Lipinski definition) is 0. The molecular weight excluding hydrogens is 704 g/mol. The smallest absolute Gasteiger partial charge is 0.262 e. The van der Waals surface area contributed by atoms with Gasteiger partial charge in [0.1, 0.15) is 4.70 Å². The number of benzene rings is 2. The van der Waals surface area contributed by atoms with Crippen molar-refractivity contribution < 1.29 is 4.57 Å². The zero-order chi connectivity index (χ0) is 36.9. The van der Waals surface area contributed by atoms with Gasteiger partial charge in [0.2, 0.25) is 5.52 Å². The zero-order valence-corrected chi connectivity index (χ0v) is 35.6. The molecule has 5 rings (SSSR count). The first-order chi connectivity index (χ1) is 26.2. The number of halogens is 1. The SMILES string of the molecule is CCCCCCCCCCCCN1/C(=C\C=C2\CCCC(/C=C/c3sc4ccccc4[n+]3CCCCCCCCCCCC)=C2Cl)Sc2ccccc21. The van der Waals surface area contributed by atoms with Gasteiger partial charge >= 0.3 is 0 Å². The van der Waals surface area contributed by atoms with E-state index in [0.717, 1.165) is 37.4 Å². The number of aromatic nitrogens is 1. The Balaban J connectivity index is 1.18. The summed E-state index contributed by atoms with van der Waals surface area (Å²) in [5.74, 6) is 0. The fourth-order valence-corrected chi connectivity index (χ4v) is 10.4. The number of allylic oxidation sites excluding steroid dienone is 6. The van der Waals surface area contributed by atoms with E-state index in [1.165, 1.54) is 170 Å². The third-order valence-corrected chi connectivity index (χ3v) is 13.8. The molecule has 2 aromatic carbocycles. The molecule has 0 bridgehead atoms. The fraction of sp³-hybridized carbons (Fsp3) is 0.562. The van der Waals surface area contributed by atoms with Crippen molar-refractivity contribution in [3.05, 3.63) is 93.0 Å². The van der Waals surface area contributed by atoms with Crippen LogP contribution >= 0.6 is 34.7 Å². The van der Waals surface area contributed by atoms with E-state index in [4.69, 9.17) is 11.6 Å². The Hall–Kier alpha value is -2.27. The molecule has 3 aromatic rings. The molecule has 1 aliphatic heterocycles. The molecule has 0 saturated carbocycles. The number of hydrogen-bond acceptors (Lipinski definition) is 3. The maximum atomic E-state index is 7.21. The van der Waals surface area contributed by atoms with Crippen LogP contribution in [0.15, 0.2) is 92.9 Å². The first-order valence-electron chi connectivity index (χ1n) is 21.6. The van der Waals surface area contributed by atoms with E-state index in [-0.39, 0.29) is 0 Å². The van der Waals surface area contributed by atoms with Gasteiger partial charge in [0, 0.05) is 35.0 Å². The lowest BCUT2D eigenvalue weighted by Gasteiger charge is -2.21. The highest BCUT2D eigenvalue weighted by atomic mass is 35.5. The number of unbranched alkanes of at least 4 members (excludes halogenated alkanes) is 18. The third-order valence-electron chi connectivity index (χ3n) is 11.1. The fourth-order valence-electron chi connectivity index (χ4n) is 7.88. The van der Waals surface area contributed by atoms with Crippen LogP contribution in [0, 0.1) is 0 Å². The average Bonchev–Trinajstić information content (AvgIpc) is 3.72. The van der Waals surface area contributed by atoms with Crippen LogP contribution < -0.4 is 9.47 Å². The molecule has 0 amide bonds. The lowest BCUT2D eigenvalue weighted by Crippen LogP contribution is -2.35. The van der Waals surface area contributed by atoms with Crippen molar-refractivity contribution >= 4 is 56.7 Å². The summed E-state index contributed by atoms with van der Waals surface area (Å²) in [6, 6.07) is 17.8. The molecule has 288 valence electrons. The number of fused-ring (bicyclic) bond motifs is 2. The largest absolute Gasteiger partial charge is 0.335 e. The van der Waals surface area contributed by atoms with E-state index < -0.39 is 0 Å². The Morgan fingerprint density at radius 2 is 1.26 bits per heavy atom. The second-order valence-corrected chi connectivity index (χ2v) is 17.9. The van der Waals surface area contributed by atoms with Crippen LogP contribution in [0.25, 0.3) is 16.3 Å². The summed E-state index contributed by atoms with van der Waals surface area (Å²) in [4.78, 5) is 3.92. The normalized spacial score (nSPS) is 16.3. The standard InChI is InChI=1S/C48H68ClN2S2/c1-3-5-7-9-11-13-15-17-19-25-38-50-42-30-21-23-32-44(42)52-46(50)36-34-40-28-27-29-41(48(40)49)35-37-47-51(43-31-22-24-33-45(43)53-47)39-26-20-18-16-14-12-10-8-6-4-2/h21-24,30-37H,3-20,25-29,38-39H2,1-2H3/q+1. The van der Waals surface area contributed by atoms with Crippen molar-refractivity contribution in [3.8, 4) is 0 Å². The predicted molar refractivity (Wildman–Crippen MR) is 237 cm³/mol. The number of aryl methyl sites for hydroxylation is 1. The van der Waals surface area contributed by atoms with Crippen molar-refractivity contribution in [2.24, 2.45) is 0 Å². The predicted octanol–water partition coefficient (Wildman–Crippen LogP) is 16.1. The van der Waals surface area contributed by atoms with E-state index in [1.807, 2.05) is 23.1 Å². The Morgan fingerprint density at radius 1 is 0.660 bits per heavy atom. The molecule has 1 aromatic heterocycles. The molecule has 0 radical (unpaired) electrons. The summed E-state index contributed by atoms with van der Waals surface area (Å²) in [6.45, 7) is 6.77. The molecule has 0 fully saturated rings. The Labute approximate surface area is 336 Å². The number of thiazole rings is 1. The van der Waals surface area contributed by atoms with Crippen LogP contribution in [-0.2, 0) is 6.54 Å². The summed E-state index contributed by atoms with van der Waals surface area (Å²) >= 11 is 11.0. The minimum atomic E-state index is 0.952. The van der Waals surface area contributed by atoms with Gasteiger partial charge in [-0.15, -0.1) is 0 Å². The minimum absolute atomic E-state index is 0.952. The molecular formula is C48H68ClN2S2+. The van der Waals surface area contributed by atoms with Crippen LogP contribution in [0.1, 0.15) is 167 Å². The number of rotatable bonds is 25. The van der Waals surface area contributed by atoms with Crippen LogP contribution in [0.3, 0.4) is 0 Å². The van der Waals surface area contributed by atoms with Crippen LogP contribution in [0.5, 0.6) is 0 Å². The summed E-state index contributed by atoms with van der Waals surface area (Å²) < 4.78 is 3.92. The number of nitrogens with zero attached hydrogens (tertiary/aromatic N) is 2. The van der Waals surface area contributed by atoms with Crippen molar-refractivity contribution in [2.75, 3.05) is 11.4 Å². The maximum Gasteiger partial charge on any atom is 0.262 e. The van der Waals surface area contributed by atoms with E-state index >= 15 is 0 Å². The van der Waals surface area contributed by atoms with E-state index in [9.17, 15) is 0 Å². The molecule has 2 aliphatic rings. The van der Waals surface area contributed by atoms with Crippen molar-refractivity contribution in [2.45, 2.75) is 173 Å². The summed E-state index contributed by atoms with van der Waals surface area (Å²) in [5.41, 5.74) is 5.27. The summed E-state index contributed by atoms with van der Waals surface area (Å²) in [7, 11) is 0. The number of para-hydroxylation sites is 2. The Bertz CT molecular complexity index is 1650. The maximum absolute atomic E-state index is 7.21. The van der Waals surface area contributed by atoms with Gasteiger partial charge in [0.25, 0.3) is 5.01 Å². The molecule has 0 saturated heterocycles. The van der Waals surface area contributed by atoms with Crippen LogP contribution in [0.4, 0.5) is 5.69 Å². The van der Waals surface area contributed by atoms with Crippen molar-refractivity contribution in [1.29, 1.82) is 0 Å². The lowest BCUT2D eigenvalue weighted by atomic mass is 9.94. The van der Waals surface area contributed by atoms with Gasteiger partial charge in [0.05, 0.1) is 10.7 Å². The molecule has 1 aliphatic carbocycles. The first kappa shape index (κ1) is 41.9. The number of thioether (sulfide) groups is 1. The van der Waals surface area contributed by atoms with Gasteiger partial charge in [-0.3, -0.25) is 0 Å². The monoisotopic (exact) mass is 771 g/mol. The van der Waals surface area contributed by atoms with E-state index in [0.29, 0.717) is 0 Å². The van der Waals surface area contributed by atoms with Crippen molar-refractivity contribution in [1.82, 2.24) is 0 Å². The highest BCUT2D eigenvalue weighted by molar-refractivity contribution is 8.03. The average molecular weight is 773 g/mol. The molecule has 0 atom stereocenters. The second-order valence-electron chi connectivity index (χ2n) is 15.4. The van der Waals surface area contributed by atoms with E-state index in [2.05, 4.69) is 96.1 Å². The minimum Gasteiger partial charge on any atom is -0.335 e. The van der Waals surface area contributed by atoms with Gasteiger partial charge in [-0.05, 0) is 67.5 Å². The van der Waals surface area contributed by atoms with Gasteiger partial charge in [-0.2, -0.15) is 4.57 Å². The molecule has 2 nitrogen and oxygen atoms in total. The third kappa shape index (κ3) is 13.5. The Morgan fingerprint density at radius 3 is 1.96 bits per heavy atom. The Kier molecular flexibility index (Phi) is 19.2. The van der Waals surface area contributed by atoms with Gasteiger partial charge in [-0.25, -0.2) is 0 Å². The molecule has 0 unspecified atom stereocenters. The summed E-state index contributed by atoms with van der Waals surface area (Å²) in [6.07, 6.45) is 39.9. The highest BCUT2D eigenvalue weighted by Gasteiger charge is 2.24. The quantitative estimate of drug-likeness (QED) is 0.0625. The van der Waals surface area contributed by atoms with Crippen LogP contribution in [0.2, 0.25) is 0 Å².